The van der Waals surface area contributed by atoms with Crippen molar-refractivity contribution in [2.24, 2.45) is 0 Å². The van der Waals surface area contributed by atoms with Gasteiger partial charge in [0, 0.05) is 17.5 Å². The predicted molar refractivity (Wildman–Crippen MR) is 71.0 cm³/mol. The van der Waals surface area contributed by atoms with E-state index in [0.29, 0.717) is 12.1 Å². The lowest BCUT2D eigenvalue weighted by Gasteiger charge is -2.27. The van der Waals surface area contributed by atoms with E-state index in [1.54, 1.807) is 0 Å². The molecule has 1 aliphatic rings. The van der Waals surface area contributed by atoms with Crippen molar-refractivity contribution in [3.05, 3.63) is 22.4 Å². The highest BCUT2D eigenvalue weighted by Crippen LogP contribution is 2.27. The lowest BCUT2D eigenvalue weighted by atomic mass is 10.2. The Balaban J connectivity index is 2.00. The van der Waals surface area contributed by atoms with Gasteiger partial charge < -0.3 is 5.32 Å². The second-order valence-electron chi connectivity index (χ2n) is 4.84. The van der Waals surface area contributed by atoms with E-state index < -0.39 is 0 Å². The van der Waals surface area contributed by atoms with Gasteiger partial charge in [-0.2, -0.15) is 0 Å². The Kier molecular flexibility index (Phi) is 4.38. The molecule has 1 fully saturated rings. The summed E-state index contributed by atoms with van der Waals surface area (Å²) in [6.07, 6.45) is 2.73. The summed E-state index contributed by atoms with van der Waals surface area (Å²) in [6, 6.07) is 5.60. The molecule has 3 heteroatoms. The first-order valence-corrected chi connectivity index (χ1v) is 7.16. The minimum absolute atomic E-state index is 0.574. The van der Waals surface area contributed by atoms with E-state index in [2.05, 4.69) is 41.6 Å². The first-order chi connectivity index (χ1) is 7.77. The quantitative estimate of drug-likeness (QED) is 0.848. The van der Waals surface area contributed by atoms with Crippen molar-refractivity contribution in [1.29, 1.82) is 0 Å². The van der Waals surface area contributed by atoms with Crippen LogP contribution in [0.3, 0.4) is 0 Å². The molecule has 1 aromatic heterocycles. The van der Waals surface area contributed by atoms with Gasteiger partial charge in [-0.1, -0.05) is 19.9 Å². The van der Waals surface area contributed by atoms with Gasteiger partial charge in [0.05, 0.1) is 6.04 Å². The molecule has 1 N–H and O–H groups in total. The second kappa shape index (κ2) is 5.80. The molecule has 0 aromatic carbocycles. The van der Waals surface area contributed by atoms with Gasteiger partial charge in [0.2, 0.25) is 0 Å². The fourth-order valence-corrected chi connectivity index (χ4v) is 3.15. The Morgan fingerprint density at radius 2 is 2.12 bits per heavy atom. The zero-order chi connectivity index (χ0) is 11.4. The number of nitrogens with zero attached hydrogens (tertiary/aromatic N) is 1. The van der Waals surface area contributed by atoms with Crippen LogP contribution in [-0.2, 0) is 0 Å². The normalized spacial score (nSPS) is 19.4. The predicted octanol–water partition coefficient (Wildman–Crippen LogP) is 2.88. The van der Waals surface area contributed by atoms with E-state index in [1.807, 2.05) is 11.3 Å². The molecule has 0 spiro atoms. The Hall–Kier alpha value is -0.380. The highest BCUT2D eigenvalue weighted by molar-refractivity contribution is 7.10. The van der Waals surface area contributed by atoms with Crippen LogP contribution >= 0.6 is 11.3 Å². The van der Waals surface area contributed by atoms with Gasteiger partial charge >= 0.3 is 0 Å². The number of rotatable bonds is 5. The third-order valence-electron chi connectivity index (χ3n) is 3.17. The molecular weight excluding hydrogens is 216 g/mol. The smallest absolute Gasteiger partial charge is 0.0566 e. The molecule has 0 amide bonds. The van der Waals surface area contributed by atoms with Crippen molar-refractivity contribution in [2.75, 3.05) is 19.6 Å². The fourth-order valence-electron chi connectivity index (χ4n) is 2.29. The number of likely N-dealkylation sites (tertiary alicyclic amines) is 1. The van der Waals surface area contributed by atoms with Crippen LogP contribution in [0.1, 0.15) is 37.6 Å². The Bertz CT molecular complexity index is 289. The molecule has 2 heterocycles. The maximum absolute atomic E-state index is 3.58. The van der Waals surface area contributed by atoms with Crippen molar-refractivity contribution in [3.8, 4) is 0 Å². The molecule has 1 aromatic rings. The average Bonchev–Trinajstić information content (AvgIpc) is 2.88. The SMILES string of the molecule is CC(C)NCC(c1cccs1)N1CCCC1. The highest BCUT2D eigenvalue weighted by atomic mass is 32.1. The van der Waals surface area contributed by atoms with Gasteiger partial charge in [-0.15, -0.1) is 11.3 Å². The van der Waals surface area contributed by atoms with Crippen LogP contribution in [0.2, 0.25) is 0 Å². The molecule has 16 heavy (non-hydrogen) atoms. The number of hydrogen-bond donors (Lipinski definition) is 1. The zero-order valence-electron chi connectivity index (χ0n) is 10.3. The van der Waals surface area contributed by atoms with Crippen LogP contribution in [0.4, 0.5) is 0 Å². The van der Waals surface area contributed by atoms with Crippen molar-refractivity contribution in [3.63, 3.8) is 0 Å². The van der Waals surface area contributed by atoms with Gasteiger partial charge in [-0.25, -0.2) is 0 Å². The standard InChI is InChI=1S/C13H22N2S/c1-11(2)14-10-12(13-6-5-9-16-13)15-7-3-4-8-15/h5-6,9,11-12,14H,3-4,7-8,10H2,1-2H3. The zero-order valence-corrected chi connectivity index (χ0v) is 11.1. The minimum atomic E-state index is 0.574. The number of nitrogens with one attached hydrogen (secondary N) is 1. The summed E-state index contributed by atoms with van der Waals surface area (Å²) in [7, 11) is 0. The molecule has 1 unspecified atom stereocenters. The minimum Gasteiger partial charge on any atom is -0.313 e. The number of thiophene rings is 1. The molecule has 1 atom stereocenters. The maximum Gasteiger partial charge on any atom is 0.0566 e. The van der Waals surface area contributed by atoms with Gasteiger partial charge in [-0.3, -0.25) is 4.90 Å². The molecule has 0 radical (unpaired) electrons. The van der Waals surface area contributed by atoms with Crippen LogP contribution in [0.5, 0.6) is 0 Å². The van der Waals surface area contributed by atoms with E-state index in [0.717, 1.165) is 6.54 Å². The van der Waals surface area contributed by atoms with Gasteiger partial charge in [-0.05, 0) is 37.4 Å². The van der Waals surface area contributed by atoms with Crippen LogP contribution < -0.4 is 5.32 Å². The number of hydrogen-bond acceptors (Lipinski definition) is 3. The monoisotopic (exact) mass is 238 g/mol. The molecule has 1 saturated heterocycles. The highest BCUT2D eigenvalue weighted by Gasteiger charge is 2.23. The van der Waals surface area contributed by atoms with Crippen LogP contribution in [-0.4, -0.2) is 30.6 Å². The molecule has 0 aliphatic carbocycles. The van der Waals surface area contributed by atoms with Crippen molar-refractivity contribution in [1.82, 2.24) is 10.2 Å². The molecule has 2 nitrogen and oxygen atoms in total. The second-order valence-corrected chi connectivity index (χ2v) is 5.82. The molecule has 90 valence electrons. The average molecular weight is 238 g/mol. The largest absolute Gasteiger partial charge is 0.313 e. The fraction of sp³-hybridized carbons (Fsp3) is 0.692. The van der Waals surface area contributed by atoms with E-state index in [1.165, 1.54) is 30.8 Å². The van der Waals surface area contributed by atoms with Gasteiger partial charge in [0.1, 0.15) is 0 Å². The van der Waals surface area contributed by atoms with Crippen LogP contribution in [0, 0.1) is 0 Å². The summed E-state index contributed by atoms with van der Waals surface area (Å²) in [5.74, 6) is 0. The molecular formula is C13H22N2S. The van der Waals surface area contributed by atoms with E-state index in [4.69, 9.17) is 0 Å². The summed E-state index contributed by atoms with van der Waals surface area (Å²) >= 11 is 1.89. The summed E-state index contributed by atoms with van der Waals surface area (Å²) < 4.78 is 0. The third kappa shape index (κ3) is 3.06. The summed E-state index contributed by atoms with van der Waals surface area (Å²) in [4.78, 5) is 4.14. The van der Waals surface area contributed by atoms with Gasteiger partial charge in [0.15, 0.2) is 0 Å². The molecule has 2 rings (SSSR count). The summed E-state index contributed by atoms with van der Waals surface area (Å²) in [6.45, 7) is 8.05. The lowest BCUT2D eigenvalue weighted by molar-refractivity contribution is 0.238. The first kappa shape index (κ1) is 12.1. The van der Waals surface area contributed by atoms with E-state index in [9.17, 15) is 0 Å². The summed E-state index contributed by atoms with van der Waals surface area (Å²) in [5, 5.41) is 5.76. The van der Waals surface area contributed by atoms with Crippen LogP contribution in [0.25, 0.3) is 0 Å². The topological polar surface area (TPSA) is 15.3 Å². The Labute approximate surface area is 103 Å². The molecule has 0 bridgehead atoms. The molecule has 0 saturated carbocycles. The lowest BCUT2D eigenvalue weighted by Crippen LogP contribution is -2.36. The summed E-state index contributed by atoms with van der Waals surface area (Å²) in [5.41, 5.74) is 0. The van der Waals surface area contributed by atoms with Crippen molar-refractivity contribution >= 4 is 11.3 Å². The molecule has 1 aliphatic heterocycles. The Morgan fingerprint density at radius 3 is 2.69 bits per heavy atom. The Morgan fingerprint density at radius 1 is 1.38 bits per heavy atom. The van der Waals surface area contributed by atoms with Crippen molar-refractivity contribution < 1.29 is 0 Å². The van der Waals surface area contributed by atoms with Gasteiger partial charge in [0.25, 0.3) is 0 Å². The first-order valence-electron chi connectivity index (χ1n) is 6.28. The maximum atomic E-state index is 3.58. The van der Waals surface area contributed by atoms with Crippen molar-refractivity contribution in [2.45, 2.75) is 38.8 Å². The van der Waals surface area contributed by atoms with Crippen LogP contribution in [0.15, 0.2) is 17.5 Å². The third-order valence-corrected chi connectivity index (χ3v) is 4.15. The van der Waals surface area contributed by atoms with E-state index >= 15 is 0 Å². The van der Waals surface area contributed by atoms with E-state index in [-0.39, 0.29) is 0 Å².